The lowest BCUT2D eigenvalue weighted by atomic mass is 10.2. The molecule has 1 aromatic rings. The highest BCUT2D eigenvalue weighted by molar-refractivity contribution is 5.92. The number of ketones is 2. The van der Waals surface area contributed by atoms with E-state index < -0.39 is 0 Å². The number of carbonyl (C=O) groups excluding carboxylic acids is 2. The van der Waals surface area contributed by atoms with Gasteiger partial charge in [-0.2, -0.15) is 0 Å². The van der Waals surface area contributed by atoms with E-state index in [1.807, 2.05) is 0 Å². The molecule has 1 atom stereocenters. The largest absolute Gasteiger partial charge is 0.359 e. The van der Waals surface area contributed by atoms with Gasteiger partial charge < -0.3 is 10.3 Å². The van der Waals surface area contributed by atoms with Crippen LogP contribution in [0.25, 0.3) is 0 Å². The van der Waals surface area contributed by atoms with Crippen molar-refractivity contribution in [2.45, 2.75) is 32.7 Å². The van der Waals surface area contributed by atoms with Gasteiger partial charge >= 0.3 is 0 Å². The maximum atomic E-state index is 10.6. The van der Waals surface area contributed by atoms with Gasteiger partial charge in [-0.15, -0.1) is 0 Å². The van der Waals surface area contributed by atoms with E-state index in [2.05, 4.69) is 10.3 Å². The second-order valence-corrected chi connectivity index (χ2v) is 3.90. The van der Waals surface area contributed by atoms with Crippen molar-refractivity contribution in [2.75, 3.05) is 6.54 Å². The van der Waals surface area contributed by atoms with E-state index in [0.29, 0.717) is 5.69 Å². The number of aromatic nitrogens is 1. The molecule has 1 unspecified atom stereocenters. The van der Waals surface area contributed by atoms with Crippen molar-refractivity contribution in [3.8, 4) is 0 Å². The minimum atomic E-state index is 0.0787. The average Bonchev–Trinajstić information content (AvgIpc) is 2.93. The summed E-state index contributed by atoms with van der Waals surface area (Å²) in [5.74, 6) is 0.359. The van der Waals surface area contributed by atoms with Crippen LogP contribution in [-0.2, 0) is 4.79 Å². The third-order valence-electron chi connectivity index (χ3n) is 2.53. The number of H-pyrrole nitrogens is 1. The van der Waals surface area contributed by atoms with Crippen molar-refractivity contribution >= 4 is 11.6 Å². The summed E-state index contributed by atoms with van der Waals surface area (Å²) in [7, 11) is 0. The number of hydrogen-bond donors (Lipinski definition) is 2. The summed E-state index contributed by atoms with van der Waals surface area (Å²) in [5, 5.41) is 3.11. The predicted octanol–water partition coefficient (Wildman–Crippen LogP) is 1.54. The molecule has 1 aliphatic rings. The molecule has 16 heavy (non-hydrogen) atoms. The van der Waals surface area contributed by atoms with Crippen LogP contribution >= 0.6 is 0 Å². The van der Waals surface area contributed by atoms with Gasteiger partial charge in [-0.25, -0.2) is 0 Å². The summed E-state index contributed by atoms with van der Waals surface area (Å²) < 4.78 is 0. The Bertz CT molecular complexity index is 338. The average molecular weight is 222 g/mol. The fourth-order valence-corrected chi connectivity index (χ4v) is 1.58. The SMILES string of the molecule is CC(=O)C1CCCN1.CC(=O)c1ccc[nH]1. The molecule has 88 valence electrons. The van der Waals surface area contributed by atoms with Crippen molar-refractivity contribution in [1.29, 1.82) is 0 Å². The molecule has 0 aromatic carbocycles. The van der Waals surface area contributed by atoms with E-state index >= 15 is 0 Å². The van der Waals surface area contributed by atoms with Gasteiger partial charge in [0, 0.05) is 13.1 Å². The van der Waals surface area contributed by atoms with Crippen molar-refractivity contribution in [3.05, 3.63) is 24.0 Å². The van der Waals surface area contributed by atoms with Crippen LogP contribution < -0.4 is 5.32 Å². The summed E-state index contributed by atoms with van der Waals surface area (Å²) in [4.78, 5) is 23.8. The molecule has 1 saturated heterocycles. The Labute approximate surface area is 95.4 Å². The fraction of sp³-hybridized carbons (Fsp3) is 0.500. The van der Waals surface area contributed by atoms with E-state index in [1.54, 1.807) is 25.3 Å². The van der Waals surface area contributed by atoms with Gasteiger partial charge in [0.25, 0.3) is 0 Å². The Kier molecular flexibility index (Phi) is 4.92. The lowest BCUT2D eigenvalue weighted by molar-refractivity contribution is -0.118. The molecule has 0 saturated carbocycles. The van der Waals surface area contributed by atoms with Gasteiger partial charge in [-0.1, -0.05) is 0 Å². The third kappa shape index (κ3) is 3.98. The molecule has 1 aromatic heterocycles. The van der Waals surface area contributed by atoms with Crippen LogP contribution in [0, 0.1) is 0 Å². The molecule has 0 bridgehead atoms. The van der Waals surface area contributed by atoms with Crippen molar-refractivity contribution < 1.29 is 9.59 Å². The first-order chi connectivity index (χ1) is 7.61. The highest BCUT2D eigenvalue weighted by atomic mass is 16.1. The topological polar surface area (TPSA) is 62.0 Å². The summed E-state index contributed by atoms with van der Waals surface area (Å²) >= 11 is 0. The minimum absolute atomic E-state index is 0.0787. The van der Waals surface area contributed by atoms with Crippen LogP contribution in [0.2, 0.25) is 0 Å². The first kappa shape index (κ1) is 12.6. The molecule has 2 N–H and O–H groups in total. The first-order valence-electron chi connectivity index (χ1n) is 5.49. The van der Waals surface area contributed by atoms with Crippen molar-refractivity contribution in [1.82, 2.24) is 10.3 Å². The molecule has 0 aliphatic carbocycles. The van der Waals surface area contributed by atoms with Gasteiger partial charge in [-0.05, 0) is 38.4 Å². The van der Waals surface area contributed by atoms with Gasteiger partial charge in [0.1, 0.15) is 5.78 Å². The highest BCUT2D eigenvalue weighted by Crippen LogP contribution is 2.04. The van der Waals surface area contributed by atoms with E-state index in [0.717, 1.165) is 19.4 Å². The van der Waals surface area contributed by atoms with Crippen LogP contribution in [0.4, 0.5) is 0 Å². The number of Topliss-reactive ketones (excluding diaryl/α,β-unsaturated/α-hetero) is 2. The first-order valence-corrected chi connectivity index (χ1v) is 5.49. The van der Waals surface area contributed by atoms with Crippen LogP contribution in [0.3, 0.4) is 0 Å². The molecule has 4 heteroatoms. The van der Waals surface area contributed by atoms with Crippen LogP contribution in [0.1, 0.15) is 37.2 Å². The number of hydrogen-bond acceptors (Lipinski definition) is 3. The van der Waals surface area contributed by atoms with Gasteiger partial charge in [0.15, 0.2) is 5.78 Å². The maximum absolute atomic E-state index is 10.6. The number of carbonyl (C=O) groups is 2. The molecule has 1 aliphatic heterocycles. The summed E-state index contributed by atoms with van der Waals surface area (Å²) in [6.45, 7) is 4.19. The zero-order valence-corrected chi connectivity index (χ0v) is 9.75. The van der Waals surface area contributed by atoms with Crippen LogP contribution in [0.15, 0.2) is 18.3 Å². The highest BCUT2D eigenvalue weighted by Gasteiger charge is 2.17. The van der Waals surface area contributed by atoms with Crippen LogP contribution in [-0.4, -0.2) is 29.1 Å². The number of nitrogens with one attached hydrogen (secondary N) is 2. The molecule has 2 heterocycles. The molecule has 2 rings (SSSR count). The maximum Gasteiger partial charge on any atom is 0.175 e. The Balaban J connectivity index is 0.000000160. The fourth-order valence-electron chi connectivity index (χ4n) is 1.58. The molecule has 0 spiro atoms. The Hall–Kier alpha value is -1.42. The second kappa shape index (κ2) is 6.23. The minimum Gasteiger partial charge on any atom is -0.359 e. The van der Waals surface area contributed by atoms with E-state index in [-0.39, 0.29) is 17.6 Å². The lowest BCUT2D eigenvalue weighted by Crippen LogP contribution is -2.28. The standard InChI is InChI=1S/C6H11NO.C6H7NO/c2*1-5(8)6-3-2-4-7-6/h6-7H,2-4H2,1H3;2-4,7H,1H3. The molecular weight excluding hydrogens is 204 g/mol. The third-order valence-corrected chi connectivity index (χ3v) is 2.53. The monoisotopic (exact) mass is 222 g/mol. The molecule has 1 fully saturated rings. The zero-order valence-electron chi connectivity index (χ0n) is 9.75. The zero-order chi connectivity index (χ0) is 12.0. The Morgan fingerprint density at radius 2 is 2.12 bits per heavy atom. The number of aromatic amines is 1. The van der Waals surface area contributed by atoms with Gasteiger partial charge in [0.05, 0.1) is 11.7 Å². The Morgan fingerprint density at radius 1 is 1.38 bits per heavy atom. The summed E-state index contributed by atoms with van der Waals surface area (Å²) in [5.41, 5.74) is 0.671. The number of rotatable bonds is 2. The quantitative estimate of drug-likeness (QED) is 0.746. The van der Waals surface area contributed by atoms with E-state index in [4.69, 9.17) is 0 Å². The van der Waals surface area contributed by atoms with Crippen molar-refractivity contribution in [3.63, 3.8) is 0 Å². The van der Waals surface area contributed by atoms with Gasteiger partial charge in [-0.3, -0.25) is 9.59 Å². The predicted molar refractivity (Wildman–Crippen MR) is 62.5 cm³/mol. The second-order valence-electron chi connectivity index (χ2n) is 3.90. The molecular formula is C12H18N2O2. The summed E-state index contributed by atoms with van der Waals surface area (Å²) in [6.07, 6.45) is 3.93. The lowest BCUT2D eigenvalue weighted by Gasteiger charge is -2.01. The van der Waals surface area contributed by atoms with Crippen molar-refractivity contribution in [2.24, 2.45) is 0 Å². The normalized spacial score (nSPS) is 18.8. The molecule has 0 amide bonds. The molecule has 0 radical (unpaired) electrons. The summed E-state index contributed by atoms with van der Waals surface area (Å²) in [6, 6.07) is 3.73. The van der Waals surface area contributed by atoms with Crippen LogP contribution in [0.5, 0.6) is 0 Å². The van der Waals surface area contributed by atoms with E-state index in [1.165, 1.54) is 6.92 Å². The Morgan fingerprint density at radius 3 is 2.38 bits per heavy atom. The van der Waals surface area contributed by atoms with E-state index in [9.17, 15) is 9.59 Å². The smallest absolute Gasteiger partial charge is 0.175 e. The molecule has 4 nitrogen and oxygen atoms in total. The van der Waals surface area contributed by atoms with Gasteiger partial charge in [0.2, 0.25) is 0 Å².